The van der Waals surface area contributed by atoms with E-state index in [1.807, 2.05) is 6.07 Å². The van der Waals surface area contributed by atoms with E-state index in [0.717, 1.165) is 0 Å². The topological polar surface area (TPSA) is 133 Å². The van der Waals surface area contributed by atoms with Crippen molar-refractivity contribution in [2.45, 2.75) is 42.7 Å². The third kappa shape index (κ3) is 3.51. The maximum Gasteiger partial charge on any atom is 0.275 e. The van der Waals surface area contributed by atoms with Gasteiger partial charge in [-0.3, -0.25) is 18.7 Å². The van der Waals surface area contributed by atoms with Gasteiger partial charge in [0.05, 0.1) is 20.6 Å². The molecule has 2 aliphatic heterocycles. The molecule has 8 nitrogen and oxygen atoms in total. The zero-order valence-corrected chi connectivity index (χ0v) is 20.0. The lowest BCUT2D eigenvalue weighted by atomic mass is 9.86. The van der Waals surface area contributed by atoms with Crippen molar-refractivity contribution < 1.29 is 13.4 Å². The molecule has 3 heterocycles. The zero-order valence-electron chi connectivity index (χ0n) is 18.3. The second kappa shape index (κ2) is 7.87. The molecule has 1 aromatic heterocycles. The van der Waals surface area contributed by atoms with Crippen molar-refractivity contribution in [3.8, 4) is 6.07 Å². The van der Waals surface area contributed by atoms with Gasteiger partial charge < -0.3 is 11.1 Å². The van der Waals surface area contributed by atoms with E-state index < -0.39 is 37.4 Å². The molecule has 0 saturated carbocycles. The molecule has 0 spiro atoms. The molecule has 0 unspecified atom stereocenters. The van der Waals surface area contributed by atoms with Gasteiger partial charge in [-0.05, 0) is 61.6 Å². The van der Waals surface area contributed by atoms with E-state index in [2.05, 4.69) is 20.0 Å². The van der Waals surface area contributed by atoms with Gasteiger partial charge in [0.2, 0.25) is 0 Å². The van der Waals surface area contributed by atoms with Gasteiger partial charge in [0.15, 0.2) is 0 Å². The Morgan fingerprint density at radius 3 is 2.79 bits per heavy atom. The van der Waals surface area contributed by atoms with Crippen LogP contribution in [0.4, 0.5) is 10.1 Å². The molecule has 1 saturated heterocycles. The largest absolute Gasteiger partial charge is 0.386 e. The molecule has 11 heteroatoms. The first kappa shape index (κ1) is 23.3. The Labute approximate surface area is 197 Å². The van der Waals surface area contributed by atoms with Crippen molar-refractivity contribution in [1.29, 1.82) is 5.26 Å². The number of halogens is 2. The highest BCUT2D eigenvalue weighted by atomic mass is 35.5. The van der Waals surface area contributed by atoms with E-state index in [1.54, 1.807) is 20.8 Å². The number of fused-ring (bicyclic) bond motifs is 1. The number of amides is 1. The van der Waals surface area contributed by atoms with Crippen molar-refractivity contribution in [3.05, 3.63) is 58.1 Å². The Kier molecular flexibility index (Phi) is 5.55. The van der Waals surface area contributed by atoms with E-state index in [-0.39, 0.29) is 27.7 Å². The first-order chi connectivity index (χ1) is 15.4. The smallest absolute Gasteiger partial charge is 0.275 e. The van der Waals surface area contributed by atoms with Crippen LogP contribution in [0.5, 0.6) is 0 Å². The lowest BCUT2D eigenvalue weighted by Crippen LogP contribution is -2.64. The van der Waals surface area contributed by atoms with Crippen LogP contribution in [0.25, 0.3) is 0 Å². The summed E-state index contributed by atoms with van der Waals surface area (Å²) < 4.78 is 31.4. The fourth-order valence-electron chi connectivity index (χ4n) is 4.60. The number of nitrogens with two attached hydrogens (primary N) is 1. The number of hydrogen-bond acceptors (Lipinski definition) is 6. The Bertz CT molecular complexity index is 1290. The quantitative estimate of drug-likeness (QED) is 0.491. The minimum atomic E-state index is -3.06. The average Bonchev–Trinajstić information content (AvgIpc) is 3.18. The SMILES string of the molecule is CC1(C)C(N)=N[C@](C)(c2cc(NC(=O)c3ncc(C#N)cc3Cl)ccc2F)[C@@H]2CCN[SH]21=O. The molecular formula is C22H24ClFN6O2S. The number of rotatable bonds is 3. The Morgan fingerprint density at radius 1 is 1.39 bits per heavy atom. The van der Waals surface area contributed by atoms with Crippen molar-refractivity contribution in [2.75, 3.05) is 11.9 Å². The van der Waals surface area contributed by atoms with E-state index in [9.17, 15) is 9.00 Å². The summed E-state index contributed by atoms with van der Waals surface area (Å²) >= 11 is 6.08. The Morgan fingerprint density at radius 2 is 2.12 bits per heavy atom. The number of benzene rings is 1. The van der Waals surface area contributed by atoms with Crippen LogP contribution < -0.4 is 15.8 Å². The molecule has 0 aliphatic carbocycles. The van der Waals surface area contributed by atoms with Crippen molar-refractivity contribution in [1.82, 2.24) is 9.71 Å². The molecule has 2 aliphatic rings. The number of nitrogens with one attached hydrogen (secondary N) is 2. The normalized spacial score (nSPS) is 25.9. The van der Waals surface area contributed by atoms with E-state index in [0.29, 0.717) is 18.7 Å². The number of aromatic nitrogens is 1. The highest BCUT2D eigenvalue weighted by Crippen LogP contribution is 2.49. The van der Waals surface area contributed by atoms with Gasteiger partial charge in [-0.15, -0.1) is 0 Å². The van der Waals surface area contributed by atoms with E-state index in [1.165, 1.54) is 30.5 Å². The van der Waals surface area contributed by atoms with Crippen LogP contribution in [-0.4, -0.2) is 37.5 Å². The Balaban J connectivity index is 1.74. The number of nitrogens with zero attached hydrogens (tertiary/aromatic N) is 3. The lowest BCUT2D eigenvalue weighted by Gasteiger charge is -2.50. The third-order valence-corrected chi connectivity index (χ3v) is 11.1. The van der Waals surface area contributed by atoms with Crippen molar-refractivity contribution >= 4 is 39.1 Å². The van der Waals surface area contributed by atoms with Gasteiger partial charge in [0, 0.05) is 24.0 Å². The average molecular weight is 491 g/mol. The number of aliphatic imine (C=N–C) groups is 1. The molecule has 2 atom stereocenters. The standard InChI is InChI=1S/C22H24ClFN6O2S/c1-21(2)20(26)30-22(3,17-6-7-28-33(17,21)32)14-9-13(4-5-16(14)24)29-19(31)18-15(23)8-12(10-25)11-27-18/h4-5,8-9,11,17,33H,6-7H2,1-3H3,(H2,26,30)(H,28,32)(H,29,31)/t17-,22+/m0/s1. The summed E-state index contributed by atoms with van der Waals surface area (Å²) in [4.78, 5) is 21.3. The number of hydrogen-bond donors (Lipinski definition) is 4. The molecule has 174 valence electrons. The predicted molar refractivity (Wildman–Crippen MR) is 127 cm³/mol. The van der Waals surface area contributed by atoms with Crippen LogP contribution in [0.1, 0.15) is 48.8 Å². The monoisotopic (exact) mass is 490 g/mol. The first-order valence-electron chi connectivity index (χ1n) is 10.3. The lowest BCUT2D eigenvalue weighted by molar-refractivity contribution is 0.102. The summed E-state index contributed by atoms with van der Waals surface area (Å²) in [5, 5.41) is 11.2. The van der Waals surface area contributed by atoms with Crippen LogP contribution in [0.3, 0.4) is 0 Å². The van der Waals surface area contributed by atoms with Crippen LogP contribution in [0, 0.1) is 17.1 Å². The summed E-state index contributed by atoms with van der Waals surface area (Å²) in [6, 6.07) is 7.34. The van der Waals surface area contributed by atoms with Crippen molar-refractivity contribution in [2.24, 2.45) is 10.7 Å². The second-order valence-corrected chi connectivity index (χ2v) is 12.7. The Hall–Kier alpha value is -2.87. The highest BCUT2D eigenvalue weighted by Gasteiger charge is 2.58. The molecule has 0 radical (unpaired) electrons. The van der Waals surface area contributed by atoms with Crippen LogP contribution >= 0.6 is 11.6 Å². The van der Waals surface area contributed by atoms with Gasteiger partial charge in [-0.2, -0.15) is 5.26 Å². The number of nitriles is 1. The van der Waals surface area contributed by atoms with Gasteiger partial charge in [-0.25, -0.2) is 9.37 Å². The number of thiol groups is 1. The number of anilines is 1. The molecule has 2 aromatic rings. The van der Waals surface area contributed by atoms with Crippen LogP contribution in [0.2, 0.25) is 5.02 Å². The molecule has 1 fully saturated rings. The second-order valence-electron chi connectivity index (χ2n) is 8.89. The molecular weight excluding hydrogens is 467 g/mol. The minimum absolute atomic E-state index is 0.0192. The molecule has 1 aromatic carbocycles. The minimum Gasteiger partial charge on any atom is -0.386 e. The van der Waals surface area contributed by atoms with Crippen LogP contribution in [0.15, 0.2) is 35.5 Å². The summed E-state index contributed by atoms with van der Waals surface area (Å²) in [7, 11) is -3.06. The number of carbonyl (C=O) groups is 1. The fourth-order valence-corrected chi connectivity index (χ4v) is 8.50. The number of amidine groups is 1. The predicted octanol–water partition coefficient (Wildman–Crippen LogP) is 2.66. The maximum atomic E-state index is 15.1. The summed E-state index contributed by atoms with van der Waals surface area (Å²) in [5.41, 5.74) is 5.69. The molecule has 33 heavy (non-hydrogen) atoms. The van der Waals surface area contributed by atoms with E-state index >= 15 is 4.39 Å². The maximum absolute atomic E-state index is 15.1. The van der Waals surface area contributed by atoms with E-state index in [4.69, 9.17) is 22.6 Å². The van der Waals surface area contributed by atoms with Gasteiger partial charge in [-0.1, -0.05) is 11.6 Å². The summed E-state index contributed by atoms with van der Waals surface area (Å²) in [5.74, 6) is -0.964. The highest BCUT2D eigenvalue weighted by molar-refractivity contribution is 8.04. The number of pyridine rings is 1. The van der Waals surface area contributed by atoms with Gasteiger partial charge in [0.1, 0.15) is 29.0 Å². The van der Waals surface area contributed by atoms with Gasteiger partial charge >= 0.3 is 0 Å². The molecule has 4 N–H and O–H groups in total. The summed E-state index contributed by atoms with van der Waals surface area (Å²) in [6.07, 6.45) is 1.79. The third-order valence-electron chi connectivity index (χ3n) is 6.62. The molecule has 0 bridgehead atoms. The molecule has 4 rings (SSSR count). The number of carbonyl (C=O) groups excluding carboxylic acids is 1. The summed E-state index contributed by atoms with van der Waals surface area (Å²) in [6.45, 7) is 5.82. The molecule has 1 amide bonds. The fraction of sp³-hybridized carbons (Fsp3) is 0.364. The van der Waals surface area contributed by atoms with Gasteiger partial charge in [0.25, 0.3) is 5.91 Å². The zero-order chi connectivity index (χ0) is 24.2. The van der Waals surface area contributed by atoms with Crippen molar-refractivity contribution in [3.63, 3.8) is 0 Å². The van der Waals surface area contributed by atoms with Crippen LogP contribution in [-0.2, 0) is 15.7 Å². The first-order valence-corrected chi connectivity index (χ1v) is 12.5.